The summed E-state index contributed by atoms with van der Waals surface area (Å²) in [5.41, 5.74) is 0. The van der Waals surface area contributed by atoms with Gasteiger partial charge in [0.25, 0.3) is 0 Å². The summed E-state index contributed by atoms with van der Waals surface area (Å²) in [7, 11) is 0. The fourth-order valence-electron chi connectivity index (χ4n) is 7.12. The number of hydrogen-bond acceptors (Lipinski definition) is 10. The average molecular weight is 974 g/mol. The van der Waals surface area contributed by atoms with Gasteiger partial charge in [0.2, 0.25) is 5.91 Å². The fourth-order valence-corrected chi connectivity index (χ4v) is 7.12. The van der Waals surface area contributed by atoms with Crippen LogP contribution in [0, 0.1) is 0 Å². The molecule has 8 atom stereocenters. The number of carbonyl (C=O) groups is 2. The number of aliphatic hydroxyl groups is 5. The molecular weight excluding hydrogens is 883 g/mol. The molecule has 0 aromatic carbocycles. The van der Waals surface area contributed by atoms with Crippen LogP contribution in [0.2, 0.25) is 0 Å². The van der Waals surface area contributed by atoms with Crippen molar-refractivity contribution in [2.24, 2.45) is 0 Å². The van der Waals surface area contributed by atoms with Crippen molar-refractivity contribution >= 4 is 11.9 Å². The van der Waals surface area contributed by atoms with E-state index in [2.05, 4.69) is 44.3 Å². The Bertz CT molecular complexity index is 1680. The lowest BCUT2D eigenvalue weighted by atomic mass is 9.99. The van der Waals surface area contributed by atoms with Gasteiger partial charge in [0, 0.05) is 6.42 Å². The Labute approximate surface area is 422 Å². The molecule has 70 heavy (non-hydrogen) atoms. The van der Waals surface area contributed by atoms with E-state index in [9.17, 15) is 35.1 Å². The van der Waals surface area contributed by atoms with Gasteiger partial charge in [-0.15, -0.1) is 0 Å². The van der Waals surface area contributed by atoms with Crippen LogP contribution in [0.4, 0.5) is 0 Å². The Balaban J connectivity index is 2.87. The van der Waals surface area contributed by atoms with E-state index in [-0.39, 0.29) is 19.4 Å². The molecule has 1 aliphatic rings. The van der Waals surface area contributed by atoms with Crippen LogP contribution >= 0.6 is 0 Å². The molecule has 11 nitrogen and oxygen atoms in total. The second kappa shape index (κ2) is 45.7. The van der Waals surface area contributed by atoms with Crippen molar-refractivity contribution in [1.82, 2.24) is 5.32 Å². The summed E-state index contributed by atoms with van der Waals surface area (Å²) in [6.45, 7) is 5.36. The lowest BCUT2D eigenvalue weighted by molar-refractivity contribution is -0.305. The summed E-state index contributed by atoms with van der Waals surface area (Å²) in [5.74, 6) is -1.34. The zero-order valence-electron chi connectivity index (χ0n) is 42.8. The molecule has 0 saturated carbocycles. The second-order valence-corrected chi connectivity index (χ2v) is 17.4. The first-order valence-electron chi connectivity index (χ1n) is 26.3. The van der Waals surface area contributed by atoms with Crippen LogP contribution in [-0.4, -0.2) is 99.6 Å². The zero-order valence-corrected chi connectivity index (χ0v) is 42.8. The van der Waals surface area contributed by atoms with Crippen molar-refractivity contribution in [3.63, 3.8) is 0 Å². The summed E-state index contributed by atoms with van der Waals surface area (Å²) >= 11 is 0. The smallest absolute Gasteiger partial charge is 0.306 e. The highest BCUT2D eigenvalue weighted by atomic mass is 16.7. The van der Waals surface area contributed by atoms with Gasteiger partial charge in [-0.05, 0) is 57.8 Å². The Morgan fingerprint density at radius 3 is 1.54 bits per heavy atom. The van der Waals surface area contributed by atoms with Crippen molar-refractivity contribution in [3.8, 4) is 0 Å². The van der Waals surface area contributed by atoms with Crippen molar-refractivity contribution < 1.29 is 49.3 Å². The van der Waals surface area contributed by atoms with E-state index in [1.54, 1.807) is 6.08 Å². The predicted octanol–water partition coefficient (Wildman–Crippen LogP) is 11.1. The van der Waals surface area contributed by atoms with Gasteiger partial charge in [0.1, 0.15) is 24.4 Å². The third-order valence-corrected chi connectivity index (χ3v) is 11.3. The maximum Gasteiger partial charge on any atom is 0.306 e. The summed E-state index contributed by atoms with van der Waals surface area (Å²) in [6.07, 6.45) is 54.8. The van der Waals surface area contributed by atoms with Crippen LogP contribution in [0.3, 0.4) is 0 Å². The molecular formula is C59H91NO10. The Morgan fingerprint density at radius 1 is 0.571 bits per heavy atom. The Hall–Kier alpha value is -4.46. The molecule has 0 aromatic rings. The number of allylic oxidation sites excluding steroid dienone is 23. The predicted molar refractivity (Wildman–Crippen MR) is 287 cm³/mol. The first-order chi connectivity index (χ1) is 34.2. The standard InChI is InChI=1S/C59H91NO10/c1-4-7-10-13-16-19-22-25-26-27-28-29-32-35-38-41-44-47-54(64)70-57-56(66)55(65)53(48-61)69-59(57)68-49-50(51(62)45-42-39-36-33-30-23-20-17-14-11-8-5-2)60-58(67)52(63)46-43-40-37-34-31-24-21-18-15-12-9-6-3/h7,9-10,12-13,15-16,18-19,21-22,24-29,31-32,34,37,40,42,45,50-53,55-57,59,61-63,65-66H,4-6,8,11,14,17,20,23,30,33,35-36,38-39,41,43-44,46-49H2,1-3H3,(H,60,67)/b10-7-,12-9+,16-13+,18-15+,22-19+,24-21-,26-25-,28-27+,32-29+,34-31-,40-37+,45-42+. The number of esters is 1. The molecule has 0 aliphatic carbocycles. The number of rotatable bonds is 40. The third kappa shape index (κ3) is 34.0. The molecule has 1 amide bonds. The number of aliphatic hydroxyl groups excluding tert-OH is 5. The SMILES string of the molecule is CC\C=C/C=C/C=C/C=C\C=C\C=C\CCCCCC(=O)OC1C(OCC(NC(=O)C(O)CC/C=C/C=C\C=C/C=C/C=C/CC)C(O)/C=C/CCCCCCCCCCCC)OC(CO)C(O)C1O. The average Bonchev–Trinajstić information content (AvgIpc) is 3.36. The maximum absolute atomic E-state index is 13.3. The lowest BCUT2D eigenvalue weighted by Gasteiger charge is -2.41. The molecule has 0 bridgehead atoms. The van der Waals surface area contributed by atoms with Crippen LogP contribution in [0.1, 0.15) is 149 Å². The molecule has 1 aliphatic heterocycles. The van der Waals surface area contributed by atoms with Gasteiger partial charge < -0.3 is 45.1 Å². The molecule has 11 heteroatoms. The minimum Gasteiger partial charge on any atom is -0.454 e. The molecule has 0 aromatic heterocycles. The van der Waals surface area contributed by atoms with E-state index < -0.39 is 67.4 Å². The van der Waals surface area contributed by atoms with Crippen LogP contribution in [-0.2, 0) is 23.8 Å². The van der Waals surface area contributed by atoms with Crippen LogP contribution < -0.4 is 5.32 Å². The van der Waals surface area contributed by atoms with E-state index in [1.807, 2.05) is 122 Å². The highest BCUT2D eigenvalue weighted by molar-refractivity contribution is 5.80. The maximum atomic E-state index is 13.3. The van der Waals surface area contributed by atoms with Crippen LogP contribution in [0.15, 0.2) is 146 Å². The number of unbranched alkanes of at least 4 members (excludes halogenated alkanes) is 13. The number of nitrogens with one attached hydrogen (secondary N) is 1. The highest BCUT2D eigenvalue weighted by Gasteiger charge is 2.47. The van der Waals surface area contributed by atoms with Gasteiger partial charge in [0.05, 0.1) is 25.4 Å². The van der Waals surface area contributed by atoms with E-state index in [1.165, 1.54) is 44.9 Å². The van der Waals surface area contributed by atoms with Crippen molar-refractivity contribution in [1.29, 1.82) is 0 Å². The van der Waals surface area contributed by atoms with Gasteiger partial charge in [-0.25, -0.2) is 0 Å². The van der Waals surface area contributed by atoms with Gasteiger partial charge in [-0.3, -0.25) is 9.59 Å². The van der Waals surface area contributed by atoms with Crippen molar-refractivity contribution in [3.05, 3.63) is 146 Å². The molecule has 1 rings (SSSR count). The summed E-state index contributed by atoms with van der Waals surface area (Å²) in [5, 5.41) is 56.5. The minimum absolute atomic E-state index is 0.0535. The minimum atomic E-state index is -1.65. The number of amides is 1. The van der Waals surface area contributed by atoms with Crippen LogP contribution in [0.25, 0.3) is 0 Å². The fraction of sp³-hybridized carbons (Fsp3) is 0.559. The monoisotopic (exact) mass is 974 g/mol. The van der Waals surface area contributed by atoms with E-state index >= 15 is 0 Å². The van der Waals surface area contributed by atoms with E-state index in [0.717, 1.165) is 57.8 Å². The van der Waals surface area contributed by atoms with Crippen molar-refractivity contribution in [2.75, 3.05) is 13.2 Å². The normalized spacial score (nSPS) is 20.9. The molecule has 1 fully saturated rings. The molecule has 0 spiro atoms. The van der Waals surface area contributed by atoms with E-state index in [4.69, 9.17) is 14.2 Å². The summed E-state index contributed by atoms with van der Waals surface area (Å²) in [4.78, 5) is 26.3. The zero-order chi connectivity index (χ0) is 51.1. The Morgan fingerprint density at radius 2 is 1.03 bits per heavy atom. The van der Waals surface area contributed by atoms with Gasteiger partial charge in [-0.2, -0.15) is 0 Å². The molecule has 1 heterocycles. The first kappa shape index (κ1) is 63.6. The molecule has 1 saturated heterocycles. The largest absolute Gasteiger partial charge is 0.454 e. The van der Waals surface area contributed by atoms with Crippen LogP contribution in [0.5, 0.6) is 0 Å². The number of ether oxygens (including phenoxy) is 3. The molecule has 392 valence electrons. The van der Waals surface area contributed by atoms with Gasteiger partial charge >= 0.3 is 5.97 Å². The van der Waals surface area contributed by atoms with Gasteiger partial charge in [-0.1, -0.05) is 231 Å². The lowest BCUT2D eigenvalue weighted by Crippen LogP contribution is -2.61. The third-order valence-electron chi connectivity index (χ3n) is 11.3. The topological polar surface area (TPSA) is 175 Å². The second-order valence-electron chi connectivity index (χ2n) is 17.4. The summed E-state index contributed by atoms with van der Waals surface area (Å²) < 4.78 is 17.4. The highest BCUT2D eigenvalue weighted by Crippen LogP contribution is 2.26. The van der Waals surface area contributed by atoms with Crippen molar-refractivity contribution in [2.45, 2.75) is 198 Å². The van der Waals surface area contributed by atoms with E-state index in [0.29, 0.717) is 12.8 Å². The molecule has 0 radical (unpaired) electrons. The van der Waals surface area contributed by atoms with Gasteiger partial charge in [0.15, 0.2) is 12.4 Å². The number of carbonyl (C=O) groups excluding carboxylic acids is 2. The summed E-state index contributed by atoms with van der Waals surface area (Å²) in [6, 6.07) is -1.08. The molecule has 6 N–H and O–H groups in total. The first-order valence-corrected chi connectivity index (χ1v) is 26.3. The number of hydrogen-bond donors (Lipinski definition) is 6. The Kier molecular flexibility index (Phi) is 41.5. The molecule has 8 unspecified atom stereocenters. The quantitative estimate of drug-likeness (QED) is 0.0150.